The molecule has 1 aromatic carbocycles. The smallest absolute Gasteiger partial charge is 0.305 e. The predicted octanol–water partition coefficient (Wildman–Crippen LogP) is 2.33. The van der Waals surface area contributed by atoms with E-state index in [4.69, 9.17) is 10.5 Å². The molecule has 0 aromatic heterocycles. The Hall–Kier alpha value is -1.71. The number of nitrogens with two attached hydrogens (primary N) is 1. The third kappa shape index (κ3) is 4.76. The van der Waals surface area contributed by atoms with Gasteiger partial charge >= 0.3 is 5.97 Å². The summed E-state index contributed by atoms with van der Waals surface area (Å²) >= 11 is 0. The Bertz CT molecular complexity index is 378. The van der Waals surface area contributed by atoms with Gasteiger partial charge in [0.1, 0.15) is 0 Å². The summed E-state index contributed by atoms with van der Waals surface area (Å²) in [6.45, 7) is 4.98. The van der Waals surface area contributed by atoms with E-state index in [1.807, 2.05) is 32.0 Å². The van der Waals surface area contributed by atoms with Crippen molar-refractivity contribution in [1.29, 1.82) is 0 Å². The molecule has 0 saturated carbocycles. The Morgan fingerprint density at radius 1 is 1.47 bits per heavy atom. The van der Waals surface area contributed by atoms with Gasteiger partial charge in [-0.1, -0.05) is 6.07 Å². The van der Waals surface area contributed by atoms with Crippen molar-refractivity contribution in [2.75, 3.05) is 24.2 Å². The van der Waals surface area contributed by atoms with Crippen LogP contribution in [0.2, 0.25) is 0 Å². The van der Waals surface area contributed by atoms with Gasteiger partial charge in [0, 0.05) is 13.0 Å². The lowest BCUT2D eigenvalue weighted by molar-refractivity contribution is -0.143. The minimum absolute atomic E-state index is 0.147. The number of carbonyl (C=O) groups excluding carboxylic acids is 1. The molecule has 0 aliphatic carbocycles. The van der Waals surface area contributed by atoms with E-state index in [-0.39, 0.29) is 5.97 Å². The molecule has 4 heteroatoms. The van der Waals surface area contributed by atoms with Gasteiger partial charge in [0.05, 0.1) is 18.0 Å². The Labute approximate surface area is 102 Å². The highest BCUT2D eigenvalue weighted by Gasteiger charge is 2.02. The van der Waals surface area contributed by atoms with Crippen molar-refractivity contribution < 1.29 is 9.53 Å². The molecule has 94 valence electrons. The van der Waals surface area contributed by atoms with Crippen molar-refractivity contribution in [3.63, 3.8) is 0 Å². The maximum atomic E-state index is 11.1. The van der Waals surface area contributed by atoms with Crippen LogP contribution < -0.4 is 11.1 Å². The number of hydrogen-bond acceptors (Lipinski definition) is 4. The first-order valence-corrected chi connectivity index (χ1v) is 5.89. The molecule has 17 heavy (non-hydrogen) atoms. The third-order valence-electron chi connectivity index (χ3n) is 2.39. The van der Waals surface area contributed by atoms with Crippen LogP contribution in [0.15, 0.2) is 18.2 Å². The van der Waals surface area contributed by atoms with E-state index in [2.05, 4.69) is 5.32 Å². The maximum absolute atomic E-state index is 11.1. The first-order valence-electron chi connectivity index (χ1n) is 5.89. The molecule has 0 heterocycles. The van der Waals surface area contributed by atoms with Crippen LogP contribution >= 0.6 is 0 Å². The van der Waals surface area contributed by atoms with Crippen LogP contribution in [0.5, 0.6) is 0 Å². The Morgan fingerprint density at radius 2 is 2.24 bits per heavy atom. The Kier molecular flexibility index (Phi) is 5.33. The highest BCUT2D eigenvalue weighted by molar-refractivity contribution is 5.69. The Balaban J connectivity index is 2.31. The van der Waals surface area contributed by atoms with Crippen LogP contribution in [-0.2, 0) is 9.53 Å². The summed E-state index contributed by atoms with van der Waals surface area (Å²) in [4.78, 5) is 11.1. The molecule has 0 aliphatic heterocycles. The minimum atomic E-state index is -0.147. The number of nitrogen functional groups attached to an aromatic ring is 1. The highest BCUT2D eigenvalue weighted by atomic mass is 16.5. The summed E-state index contributed by atoms with van der Waals surface area (Å²) in [6.07, 6.45) is 1.18. The second-order valence-electron chi connectivity index (χ2n) is 3.93. The number of hydrogen-bond donors (Lipinski definition) is 2. The van der Waals surface area contributed by atoms with Crippen molar-refractivity contribution in [2.45, 2.75) is 26.7 Å². The summed E-state index contributed by atoms with van der Waals surface area (Å²) in [5.74, 6) is -0.147. The molecule has 0 spiro atoms. The zero-order valence-electron chi connectivity index (χ0n) is 10.5. The summed E-state index contributed by atoms with van der Waals surface area (Å²) in [5, 5.41) is 3.22. The lowest BCUT2D eigenvalue weighted by atomic mass is 10.2. The minimum Gasteiger partial charge on any atom is -0.466 e. The number of ether oxygens (including phenoxy) is 1. The molecular formula is C13H20N2O2. The molecule has 0 atom stereocenters. The Morgan fingerprint density at radius 3 is 2.94 bits per heavy atom. The van der Waals surface area contributed by atoms with Crippen LogP contribution in [0.1, 0.15) is 25.3 Å². The molecule has 0 unspecified atom stereocenters. The van der Waals surface area contributed by atoms with Gasteiger partial charge in [-0.25, -0.2) is 0 Å². The van der Waals surface area contributed by atoms with Gasteiger partial charge in [-0.2, -0.15) is 0 Å². The van der Waals surface area contributed by atoms with Crippen LogP contribution in [0.25, 0.3) is 0 Å². The lowest BCUT2D eigenvalue weighted by Crippen LogP contribution is -2.09. The summed E-state index contributed by atoms with van der Waals surface area (Å²) in [6, 6.07) is 5.85. The van der Waals surface area contributed by atoms with E-state index in [0.29, 0.717) is 19.6 Å². The van der Waals surface area contributed by atoms with Crippen molar-refractivity contribution >= 4 is 17.3 Å². The number of benzene rings is 1. The largest absolute Gasteiger partial charge is 0.466 e. The SMILES string of the molecule is CCOC(=O)CCCNc1cc(C)ccc1N. The predicted molar refractivity (Wildman–Crippen MR) is 69.9 cm³/mol. The van der Waals surface area contributed by atoms with E-state index in [9.17, 15) is 4.79 Å². The van der Waals surface area contributed by atoms with Crippen LogP contribution in [0, 0.1) is 6.92 Å². The van der Waals surface area contributed by atoms with E-state index in [1.165, 1.54) is 0 Å². The van der Waals surface area contributed by atoms with E-state index in [0.717, 1.165) is 23.4 Å². The molecule has 0 fully saturated rings. The number of carbonyl (C=O) groups is 1. The first-order chi connectivity index (χ1) is 8.13. The summed E-state index contributed by atoms with van der Waals surface area (Å²) in [7, 11) is 0. The molecule has 0 bridgehead atoms. The quantitative estimate of drug-likeness (QED) is 0.452. The van der Waals surface area contributed by atoms with E-state index < -0.39 is 0 Å². The molecule has 1 aromatic rings. The average Bonchev–Trinajstić information content (AvgIpc) is 2.29. The number of rotatable bonds is 6. The van der Waals surface area contributed by atoms with Crippen molar-refractivity contribution in [3.8, 4) is 0 Å². The van der Waals surface area contributed by atoms with E-state index >= 15 is 0 Å². The fraction of sp³-hybridized carbons (Fsp3) is 0.462. The van der Waals surface area contributed by atoms with Gasteiger partial charge in [0.2, 0.25) is 0 Å². The zero-order chi connectivity index (χ0) is 12.7. The average molecular weight is 236 g/mol. The number of nitrogens with one attached hydrogen (secondary N) is 1. The molecule has 4 nitrogen and oxygen atoms in total. The van der Waals surface area contributed by atoms with Gasteiger partial charge in [0.15, 0.2) is 0 Å². The zero-order valence-corrected chi connectivity index (χ0v) is 10.5. The van der Waals surface area contributed by atoms with Crippen LogP contribution in [-0.4, -0.2) is 19.1 Å². The molecule has 0 aliphatic rings. The normalized spacial score (nSPS) is 10.0. The van der Waals surface area contributed by atoms with Gasteiger partial charge in [-0.15, -0.1) is 0 Å². The highest BCUT2D eigenvalue weighted by Crippen LogP contribution is 2.19. The summed E-state index contributed by atoms with van der Waals surface area (Å²) in [5.41, 5.74) is 8.64. The van der Waals surface area contributed by atoms with Gasteiger partial charge in [-0.05, 0) is 38.0 Å². The van der Waals surface area contributed by atoms with Crippen molar-refractivity contribution in [1.82, 2.24) is 0 Å². The summed E-state index contributed by atoms with van der Waals surface area (Å²) < 4.78 is 4.85. The first kappa shape index (κ1) is 13.4. The molecule has 0 radical (unpaired) electrons. The molecule has 3 N–H and O–H groups in total. The molecular weight excluding hydrogens is 216 g/mol. The van der Waals surface area contributed by atoms with Crippen molar-refractivity contribution in [3.05, 3.63) is 23.8 Å². The second-order valence-corrected chi connectivity index (χ2v) is 3.93. The monoisotopic (exact) mass is 236 g/mol. The number of anilines is 2. The fourth-order valence-electron chi connectivity index (χ4n) is 1.51. The van der Waals surface area contributed by atoms with Gasteiger partial charge < -0.3 is 15.8 Å². The van der Waals surface area contributed by atoms with Gasteiger partial charge in [0.25, 0.3) is 0 Å². The molecule has 0 amide bonds. The maximum Gasteiger partial charge on any atom is 0.305 e. The molecule has 0 saturated heterocycles. The van der Waals surface area contributed by atoms with E-state index in [1.54, 1.807) is 0 Å². The lowest BCUT2D eigenvalue weighted by Gasteiger charge is -2.09. The number of esters is 1. The van der Waals surface area contributed by atoms with Crippen LogP contribution in [0.4, 0.5) is 11.4 Å². The third-order valence-corrected chi connectivity index (χ3v) is 2.39. The topological polar surface area (TPSA) is 64.3 Å². The fourth-order valence-corrected chi connectivity index (χ4v) is 1.51. The van der Waals surface area contributed by atoms with Gasteiger partial charge in [-0.3, -0.25) is 4.79 Å². The second kappa shape index (κ2) is 6.78. The van der Waals surface area contributed by atoms with Crippen molar-refractivity contribution in [2.24, 2.45) is 0 Å². The standard InChI is InChI=1S/C13H20N2O2/c1-3-17-13(16)5-4-8-15-12-9-10(2)6-7-11(12)14/h6-7,9,15H,3-5,8,14H2,1-2H3. The molecule has 1 rings (SSSR count). The van der Waals surface area contributed by atoms with Crippen LogP contribution in [0.3, 0.4) is 0 Å². The number of aryl methyl sites for hydroxylation is 1.